The SMILES string of the molecule is CN1CCC(NCC(O)COc2ccc(Br)cc2)C1. The van der Waals surface area contributed by atoms with Crippen molar-refractivity contribution in [2.45, 2.75) is 18.6 Å². The van der Waals surface area contributed by atoms with E-state index in [2.05, 4.69) is 33.2 Å². The molecule has 4 nitrogen and oxygen atoms in total. The fourth-order valence-corrected chi connectivity index (χ4v) is 2.45. The van der Waals surface area contributed by atoms with Crippen LogP contribution in [0.25, 0.3) is 0 Å². The number of aliphatic hydroxyl groups excluding tert-OH is 1. The Balaban J connectivity index is 1.64. The Labute approximate surface area is 122 Å². The van der Waals surface area contributed by atoms with Crippen LogP contribution in [0.15, 0.2) is 28.7 Å². The number of likely N-dealkylation sites (tertiary alicyclic amines) is 1. The van der Waals surface area contributed by atoms with Gasteiger partial charge in [-0.3, -0.25) is 0 Å². The fraction of sp³-hybridized carbons (Fsp3) is 0.571. The molecule has 1 fully saturated rings. The van der Waals surface area contributed by atoms with E-state index < -0.39 is 6.10 Å². The van der Waals surface area contributed by atoms with Crippen LogP contribution < -0.4 is 10.1 Å². The Morgan fingerprint density at radius 2 is 2.21 bits per heavy atom. The van der Waals surface area contributed by atoms with Gasteiger partial charge in [0.15, 0.2) is 0 Å². The molecule has 1 aromatic carbocycles. The molecule has 2 unspecified atom stereocenters. The maximum Gasteiger partial charge on any atom is 0.119 e. The van der Waals surface area contributed by atoms with Gasteiger partial charge in [0.2, 0.25) is 0 Å². The van der Waals surface area contributed by atoms with Crippen molar-refractivity contribution in [3.05, 3.63) is 28.7 Å². The lowest BCUT2D eigenvalue weighted by Gasteiger charge is -2.17. The second-order valence-electron chi connectivity index (χ2n) is 5.07. The van der Waals surface area contributed by atoms with Gasteiger partial charge in [0.05, 0.1) is 0 Å². The summed E-state index contributed by atoms with van der Waals surface area (Å²) in [5.41, 5.74) is 0. The number of nitrogens with one attached hydrogen (secondary N) is 1. The number of ether oxygens (including phenoxy) is 1. The first-order chi connectivity index (χ1) is 9.13. The highest BCUT2D eigenvalue weighted by atomic mass is 79.9. The number of aliphatic hydroxyl groups is 1. The van der Waals surface area contributed by atoms with Crippen molar-refractivity contribution >= 4 is 15.9 Å². The lowest BCUT2D eigenvalue weighted by molar-refractivity contribution is 0.104. The van der Waals surface area contributed by atoms with Gasteiger partial charge >= 0.3 is 0 Å². The van der Waals surface area contributed by atoms with Crippen molar-refractivity contribution in [2.24, 2.45) is 0 Å². The van der Waals surface area contributed by atoms with E-state index in [0.29, 0.717) is 19.2 Å². The second kappa shape index (κ2) is 7.24. The molecule has 1 aliphatic rings. The van der Waals surface area contributed by atoms with E-state index in [1.165, 1.54) is 0 Å². The molecular weight excluding hydrogens is 308 g/mol. The van der Waals surface area contributed by atoms with Gasteiger partial charge in [0.25, 0.3) is 0 Å². The summed E-state index contributed by atoms with van der Waals surface area (Å²) in [6, 6.07) is 8.11. The number of benzene rings is 1. The standard InChI is InChI=1S/C14H21BrN2O2/c1-17-7-6-12(9-17)16-8-13(18)10-19-14-4-2-11(15)3-5-14/h2-5,12-13,16,18H,6-10H2,1H3. The van der Waals surface area contributed by atoms with Crippen molar-refractivity contribution in [3.63, 3.8) is 0 Å². The summed E-state index contributed by atoms with van der Waals surface area (Å²) in [7, 11) is 2.12. The average molecular weight is 329 g/mol. The topological polar surface area (TPSA) is 44.7 Å². The zero-order valence-corrected chi connectivity index (χ0v) is 12.8. The summed E-state index contributed by atoms with van der Waals surface area (Å²) < 4.78 is 6.56. The zero-order chi connectivity index (χ0) is 13.7. The van der Waals surface area contributed by atoms with Crippen LogP contribution >= 0.6 is 15.9 Å². The molecule has 0 amide bonds. The molecule has 0 radical (unpaired) electrons. The number of hydrogen-bond donors (Lipinski definition) is 2. The van der Waals surface area contributed by atoms with Crippen LogP contribution in [0, 0.1) is 0 Å². The highest BCUT2D eigenvalue weighted by Crippen LogP contribution is 2.16. The smallest absolute Gasteiger partial charge is 0.119 e. The van der Waals surface area contributed by atoms with E-state index in [1.807, 2.05) is 24.3 Å². The molecule has 0 saturated carbocycles. The number of rotatable bonds is 6. The molecule has 1 aliphatic heterocycles. The maximum absolute atomic E-state index is 9.88. The first kappa shape index (κ1) is 14.8. The summed E-state index contributed by atoms with van der Waals surface area (Å²) in [5, 5.41) is 13.3. The molecule has 0 spiro atoms. The Hall–Kier alpha value is -0.620. The minimum absolute atomic E-state index is 0.317. The zero-order valence-electron chi connectivity index (χ0n) is 11.2. The normalized spacial score (nSPS) is 21.5. The highest BCUT2D eigenvalue weighted by molar-refractivity contribution is 9.10. The molecule has 0 aromatic heterocycles. The van der Waals surface area contributed by atoms with Crippen molar-refractivity contribution in [2.75, 3.05) is 33.3 Å². The Kier molecular flexibility index (Phi) is 5.63. The largest absolute Gasteiger partial charge is 0.491 e. The van der Waals surface area contributed by atoms with Gasteiger partial charge < -0.3 is 20.1 Å². The summed E-state index contributed by atoms with van der Waals surface area (Å²) in [4.78, 5) is 2.29. The first-order valence-corrected chi connectivity index (χ1v) is 7.41. The van der Waals surface area contributed by atoms with Crippen LogP contribution in [0.3, 0.4) is 0 Å². The summed E-state index contributed by atoms with van der Waals surface area (Å²) in [6.45, 7) is 3.08. The third kappa shape index (κ3) is 5.10. The molecule has 0 bridgehead atoms. The lowest BCUT2D eigenvalue weighted by Crippen LogP contribution is -2.39. The second-order valence-corrected chi connectivity index (χ2v) is 5.99. The first-order valence-electron chi connectivity index (χ1n) is 6.62. The number of likely N-dealkylation sites (N-methyl/N-ethyl adjacent to an activating group) is 1. The lowest BCUT2D eigenvalue weighted by atomic mass is 10.2. The van der Waals surface area contributed by atoms with Crippen LogP contribution in [0.1, 0.15) is 6.42 Å². The van der Waals surface area contributed by atoms with Gasteiger partial charge in [0, 0.05) is 23.6 Å². The van der Waals surface area contributed by atoms with E-state index in [0.717, 1.165) is 29.7 Å². The predicted octanol–water partition coefficient (Wildman–Crippen LogP) is 1.48. The Morgan fingerprint density at radius 3 is 2.84 bits per heavy atom. The molecule has 5 heteroatoms. The number of nitrogens with zero attached hydrogens (tertiary/aromatic N) is 1. The monoisotopic (exact) mass is 328 g/mol. The highest BCUT2D eigenvalue weighted by Gasteiger charge is 2.19. The molecular formula is C14H21BrN2O2. The van der Waals surface area contributed by atoms with Gasteiger partial charge in [-0.05, 0) is 44.3 Å². The van der Waals surface area contributed by atoms with E-state index >= 15 is 0 Å². The summed E-state index contributed by atoms with van der Waals surface area (Å²) in [6.07, 6.45) is 0.672. The van der Waals surface area contributed by atoms with Crippen LogP contribution in [0.2, 0.25) is 0 Å². The van der Waals surface area contributed by atoms with Crippen LogP contribution in [0.5, 0.6) is 5.75 Å². The molecule has 2 rings (SSSR count). The minimum Gasteiger partial charge on any atom is -0.491 e. The Bertz CT molecular complexity index is 386. The van der Waals surface area contributed by atoms with E-state index in [4.69, 9.17) is 4.74 Å². The molecule has 1 aromatic rings. The average Bonchev–Trinajstić information content (AvgIpc) is 2.81. The van der Waals surface area contributed by atoms with Gasteiger partial charge in [-0.25, -0.2) is 0 Å². The van der Waals surface area contributed by atoms with Gasteiger partial charge in [-0.15, -0.1) is 0 Å². The van der Waals surface area contributed by atoms with E-state index in [1.54, 1.807) is 0 Å². The van der Waals surface area contributed by atoms with Gasteiger partial charge in [-0.1, -0.05) is 15.9 Å². The molecule has 1 heterocycles. The van der Waals surface area contributed by atoms with Crippen molar-refractivity contribution < 1.29 is 9.84 Å². The molecule has 0 aliphatic carbocycles. The van der Waals surface area contributed by atoms with Crippen LogP contribution in [-0.2, 0) is 0 Å². The summed E-state index contributed by atoms with van der Waals surface area (Å²) in [5.74, 6) is 0.780. The van der Waals surface area contributed by atoms with E-state index in [-0.39, 0.29) is 0 Å². The number of halogens is 1. The third-order valence-electron chi connectivity index (χ3n) is 3.29. The molecule has 2 N–H and O–H groups in total. The van der Waals surface area contributed by atoms with Crippen molar-refractivity contribution in [3.8, 4) is 5.75 Å². The quantitative estimate of drug-likeness (QED) is 0.830. The molecule has 19 heavy (non-hydrogen) atoms. The molecule has 106 valence electrons. The summed E-state index contributed by atoms with van der Waals surface area (Å²) >= 11 is 3.37. The van der Waals surface area contributed by atoms with Crippen molar-refractivity contribution in [1.29, 1.82) is 0 Å². The van der Waals surface area contributed by atoms with Crippen LogP contribution in [0.4, 0.5) is 0 Å². The van der Waals surface area contributed by atoms with Crippen molar-refractivity contribution in [1.82, 2.24) is 10.2 Å². The van der Waals surface area contributed by atoms with E-state index in [9.17, 15) is 5.11 Å². The third-order valence-corrected chi connectivity index (χ3v) is 3.82. The minimum atomic E-state index is -0.477. The predicted molar refractivity (Wildman–Crippen MR) is 79.5 cm³/mol. The van der Waals surface area contributed by atoms with Gasteiger partial charge in [-0.2, -0.15) is 0 Å². The molecule has 1 saturated heterocycles. The number of hydrogen-bond acceptors (Lipinski definition) is 4. The molecule has 2 atom stereocenters. The Morgan fingerprint density at radius 1 is 1.47 bits per heavy atom. The van der Waals surface area contributed by atoms with Crippen LogP contribution in [-0.4, -0.2) is 55.4 Å². The fourth-order valence-electron chi connectivity index (χ4n) is 2.19. The van der Waals surface area contributed by atoms with Gasteiger partial charge in [0.1, 0.15) is 18.5 Å². The maximum atomic E-state index is 9.88.